The molecule has 6 nitrogen and oxygen atoms in total. The molecule has 1 aliphatic heterocycles. The Morgan fingerprint density at radius 1 is 1.32 bits per heavy atom. The van der Waals surface area contributed by atoms with E-state index in [2.05, 4.69) is 22.2 Å². The Balaban J connectivity index is 1.39. The van der Waals surface area contributed by atoms with Crippen molar-refractivity contribution in [2.24, 2.45) is 0 Å². The van der Waals surface area contributed by atoms with Crippen molar-refractivity contribution in [1.82, 2.24) is 9.88 Å². The summed E-state index contributed by atoms with van der Waals surface area (Å²) in [4.78, 5) is 20.1. The molecule has 2 aromatic rings. The minimum Gasteiger partial charge on any atom is -0.497 e. The maximum atomic E-state index is 12.1. The number of nitrogens with one attached hydrogen (secondary N) is 1. The van der Waals surface area contributed by atoms with E-state index in [1.807, 2.05) is 24.3 Å². The van der Waals surface area contributed by atoms with Crippen molar-refractivity contribution >= 4 is 22.4 Å². The number of amides is 1. The quantitative estimate of drug-likeness (QED) is 0.768. The number of aromatic nitrogens is 1. The molecule has 7 heteroatoms. The zero-order chi connectivity index (χ0) is 17.6. The van der Waals surface area contributed by atoms with Gasteiger partial charge in [0.1, 0.15) is 11.5 Å². The number of methoxy groups -OCH3 is 1. The van der Waals surface area contributed by atoms with Crippen LogP contribution in [0.15, 0.2) is 24.3 Å². The fourth-order valence-electron chi connectivity index (χ4n) is 2.65. The number of hydrogen-bond acceptors (Lipinski definition) is 6. The average molecular weight is 361 g/mol. The van der Waals surface area contributed by atoms with Gasteiger partial charge in [-0.25, -0.2) is 4.98 Å². The van der Waals surface area contributed by atoms with Crippen molar-refractivity contribution in [3.63, 3.8) is 0 Å². The van der Waals surface area contributed by atoms with Crippen LogP contribution in [0.5, 0.6) is 11.5 Å². The average Bonchev–Trinajstić information content (AvgIpc) is 3.00. The second kappa shape index (κ2) is 8.31. The molecular formula is C18H23N3O3S. The lowest BCUT2D eigenvalue weighted by Crippen LogP contribution is -2.25. The van der Waals surface area contributed by atoms with Gasteiger partial charge in [-0.2, -0.15) is 0 Å². The summed E-state index contributed by atoms with van der Waals surface area (Å²) in [5, 5.41) is 3.62. The zero-order valence-electron chi connectivity index (χ0n) is 14.6. The molecule has 0 saturated carbocycles. The largest absolute Gasteiger partial charge is 0.497 e. The van der Waals surface area contributed by atoms with Crippen molar-refractivity contribution < 1.29 is 14.3 Å². The topological polar surface area (TPSA) is 63.7 Å². The van der Waals surface area contributed by atoms with Crippen LogP contribution in [-0.2, 0) is 17.8 Å². The molecule has 2 heterocycles. The van der Waals surface area contributed by atoms with E-state index in [9.17, 15) is 4.79 Å². The minimum absolute atomic E-state index is 0.0159. The van der Waals surface area contributed by atoms with Gasteiger partial charge in [-0.1, -0.05) is 0 Å². The normalized spacial score (nSPS) is 14.0. The van der Waals surface area contributed by atoms with Crippen LogP contribution in [0, 0.1) is 0 Å². The van der Waals surface area contributed by atoms with Gasteiger partial charge in [-0.15, -0.1) is 11.3 Å². The molecule has 0 fully saturated rings. The number of rotatable bonds is 7. The van der Waals surface area contributed by atoms with Crippen LogP contribution in [0.4, 0.5) is 5.13 Å². The first kappa shape index (κ1) is 17.7. The van der Waals surface area contributed by atoms with Crippen LogP contribution in [0.2, 0.25) is 0 Å². The summed E-state index contributed by atoms with van der Waals surface area (Å²) in [7, 11) is 3.73. The van der Waals surface area contributed by atoms with Crippen LogP contribution in [0.3, 0.4) is 0 Å². The number of carbonyl (C=O) groups is 1. The molecule has 0 radical (unpaired) electrons. The number of ether oxygens (including phenoxy) is 2. The number of likely N-dealkylation sites (N-methyl/N-ethyl adjacent to an activating group) is 1. The van der Waals surface area contributed by atoms with Crippen molar-refractivity contribution in [2.75, 3.05) is 32.6 Å². The van der Waals surface area contributed by atoms with E-state index >= 15 is 0 Å². The predicted octanol–water partition coefficient (Wildman–Crippen LogP) is 2.94. The first-order valence-corrected chi connectivity index (χ1v) is 9.19. The summed E-state index contributed by atoms with van der Waals surface area (Å²) in [6.45, 7) is 2.43. The van der Waals surface area contributed by atoms with Gasteiger partial charge < -0.3 is 19.7 Å². The molecule has 1 N–H and O–H groups in total. The number of thiazole rings is 1. The van der Waals surface area contributed by atoms with E-state index in [1.54, 1.807) is 18.4 Å². The minimum atomic E-state index is -0.0159. The van der Waals surface area contributed by atoms with Gasteiger partial charge in [-0.05, 0) is 37.7 Å². The highest BCUT2D eigenvalue weighted by atomic mass is 32.1. The number of hydrogen-bond donors (Lipinski definition) is 1. The van der Waals surface area contributed by atoms with Crippen LogP contribution in [0.1, 0.15) is 23.4 Å². The van der Waals surface area contributed by atoms with E-state index in [0.717, 1.165) is 36.7 Å². The lowest BCUT2D eigenvalue weighted by molar-refractivity contribution is -0.116. The molecule has 1 aromatic carbocycles. The van der Waals surface area contributed by atoms with E-state index in [0.29, 0.717) is 24.6 Å². The van der Waals surface area contributed by atoms with Crippen molar-refractivity contribution in [3.05, 3.63) is 34.8 Å². The molecule has 0 unspecified atom stereocenters. The molecule has 0 atom stereocenters. The van der Waals surface area contributed by atoms with Gasteiger partial charge in [0, 0.05) is 30.8 Å². The van der Waals surface area contributed by atoms with E-state index in [4.69, 9.17) is 9.47 Å². The summed E-state index contributed by atoms with van der Waals surface area (Å²) in [5.41, 5.74) is 1.13. The molecule has 3 rings (SSSR count). The number of fused-ring (bicyclic) bond motifs is 1. The fraction of sp³-hybridized carbons (Fsp3) is 0.444. The predicted molar refractivity (Wildman–Crippen MR) is 98.5 cm³/mol. The highest BCUT2D eigenvalue weighted by Crippen LogP contribution is 2.27. The van der Waals surface area contributed by atoms with Gasteiger partial charge in [-0.3, -0.25) is 4.79 Å². The summed E-state index contributed by atoms with van der Waals surface area (Å²) < 4.78 is 10.7. The third kappa shape index (κ3) is 4.93. The van der Waals surface area contributed by atoms with Crippen LogP contribution >= 0.6 is 11.3 Å². The van der Waals surface area contributed by atoms with Crippen LogP contribution in [-0.4, -0.2) is 43.1 Å². The first-order chi connectivity index (χ1) is 12.1. The van der Waals surface area contributed by atoms with Gasteiger partial charge in [0.2, 0.25) is 5.91 Å². The zero-order valence-corrected chi connectivity index (χ0v) is 15.4. The molecule has 25 heavy (non-hydrogen) atoms. The number of benzene rings is 1. The lowest BCUT2D eigenvalue weighted by atomic mass is 10.2. The second-order valence-electron chi connectivity index (χ2n) is 6.05. The summed E-state index contributed by atoms with van der Waals surface area (Å²) in [6, 6.07) is 7.42. The Labute approximate surface area is 151 Å². The van der Waals surface area contributed by atoms with Gasteiger partial charge in [0.15, 0.2) is 5.13 Å². The molecule has 1 amide bonds. The fourth-order valence-corrected chi connectivity index (χ4v) is 3.76. The van der Waals surface area contributed by atoms with Gasteiger partial charge in [0.25, 0.3) is 0 Å². The number of nitrogens with zero attached hydrogens (tertiary/aromatic N) is 2. The van der Waals surface area contributed by atoms with Crippen molar-refractivity contribution in [3.8, 4) is 11.5 Å². The van der Waals surface area contributed by atoms with Crippen LogP contribution in [0.25, 0.3) is 0 Å². The summed E-state index contributed by atoms with van der Waals surface area (Å²) in [5.74, 6) is 1.56. The highest BCUT2D eigenvalue weighted by molar-refractivity contribution is 7.15. The Kier molecular flexibility index (Phi) is 5.88. The van der Waals surface area contributed by atoms with Crippen LogP contribution < -0.4 is 14.8 Å². The van der Waals surface area contributed by atoms with Gasteiger partial charge in [0.05, 0.1) is 19.4 Å². The number of anilines is 1. The monoisotopic (exact) mass is 361 g/mol. The van der Waals surface area contributed by atoms with E-state index in [1.165, 1.54) is 4.88 Å². The highest BCUT2D eigenvalue weighted by Gasteiger charge is 2.18. The van der Waals surface area contributed by atoms with E-state index in [-0.39, 0.29) is 5.91 Å². The van der Waals surface area contributed by atoms with Crippen molar-refractivity contribution in [2.45, 2.75) is 25.8 Å². The second-order valence-corrected chi connectivity index (χ2v) is 7.14. The first-order valence-electron chi connectivity index (χ1n) is 8.38. The molecule has 0 aliphatic carbocycles. The van der Waals surface area contributed by atoms with E-state index < -0.39 is 0 Å². The maximum absolute atomic E-state index is 12.1. The molecule has 1 aromatic heterocycles. The SMILES string of the molecule is COc1ccc(OCCCC(=O)Nc2nc3c(s2)CN(C)CC3)cc1. The number of carbonyl (C=O) groups excluding carboxylic acids is 1. The molecule has 134 valence electrons. The molecular weight excluding hydrogens is 338 g/mol. The third-order valence-electron chi connectivity index (χ3n) is 4.04. The lowest BCUT2D eigenvalue weighted by Gasteiger charge is -2.20. The summed E-state index contributed by atoms with van der Waals surface area (Å²) >= 11 is 1.58. The molecule has 0 saturated heterocycles. The third-order valence-corrected chi connectivity index (χ3v) is 5.04. The Bertz CT molecular complexity index is 715. The molecule has 1 aliphatic rings. The Morgan fingerprint density at radius 3 is 2.84 bits per heavy atom. The Hall–Kier alpha value is -2.12. The Morgan fingerprint density at radius 2 is 2.08 bits per heavy atom. The standard InChI is InChI=1S/C18H23N3O3S/c1-21-10-9-15-16(12-21)25-18(19-15)20-17(22)4-3-11-24-14-7-5-13(23-2)6-8-14/h5-8H,3-4,9-12H2,1-2H3,(H,19,20,22). The molecule has 0 bridgehead atoms. The maximum Gasteiger partial charge on any atom is 0.226 e. The summed E-state index contributed by atoms with van der Waals surface area (Å²) in [6.07, 6.45) is 2.03. The van der Waals surface area contributed by atoms with Gasteiger partial charge >= 0.3 is 0 Å². The van der Waals surface area contributed by atoms with Crippen molar-refractivity contribution in [1.29, 1.82) is 0 Å². The smallest absolute Gasteiger partial charge is 0.226 e. The molecule has 0 spiro atoms.